The smallest absolute Gasteiger partial charge is 0.226 e. The van der Waals surface area contributed by atoms with E-state index in [0.29, 0.717) is 30.4 Å². The van der Waals surface area contributed by atoms with Gasteiger partial charge in [0, 0.05) is 7.05 Å². The van der Waals surface area contributed by atoms with Crippen LogP contribution in [0.4, 0.5) is 0 Å². The van der Waals surface area contributed by atoms with E-state index >= 15 is 0 Å². The summed E-state index contributed by atoms with van der Waals surface area (Å²) in [5.41, 5.74) is 1.93. The number of benzene rings is 2. The minimum absolute atomic E-state index is 0.0166. The second-order valence-electron chi connectivity index (χ2n) is 6.19. The van der Waals surface area contributed by atoms with Crippen LogP contribution in [-0.4, -0.2) is 52.3 Å². The maximum absolute atomic E-state index is 12.5. The molecule has 0 bridgehead atoms. The predicted molar refractivity (Wildman–Crippen MR) is 104 cm³/mol. The molecule has 0 fully saturated rings. The second kappa shape index (κ2) is 9.71. The van der Waals surface area contributed by atoms with E-state index in [0.717, 1.165) is 16.9 Å². The Labute approximate surface area is 160 Å². The highest BCUT2D eigenvalue weighted by Crippen LogP contribution is 2.38. The zero-order valence-corrected chi connectivity index (χ0v) is 16.6. The van der Waals surface area contributed by atoms with Crippen molar-refractivity contribution < 1.29 is 23.7 Å². The number of rotatable bonds is 9. The van der Waals surface area contributed by atoms with Gasteiger partial charge in [-0.2, -0.15) is 0 Å². The summed E-state index contributed by atoms with van der Waals surface area (Å²) in [4.78, 5) is 14.2. The van der Waals surface area contributed by atoms with Crippen LogP contribution < -0.4 is 18.9 Å². The van der Waals surface area contributed by atoms with Crippen molar-refractivity contribution in [3.63, 3.8) is 0 Å². The van der Waals surface area contributed by atoms with Crippen LogP contribution in [0.2, 0.25) is 0 Å². The number of carbonyl (C=O) groups is 1. The van der Waals surface area contributed by atoms with E-state index < -0.39 is 0 Å². The Hall–Kier alpha value is -2.89. The lowest BCUT2D eigenvalue weighted by Gasteiger charge is -2.19. The lowest BCUT2D eigenvalue weighted by atomic mass is 10.1. The van der Waals surface area contributed by atoms with Crippen molar-refractivity contribution in [1.82, 2.24) is 4.90 Å². The van der Waals surface area contributed by atoms with Crippen molar-refractivity contribution in [2.75, 3.05) is 41.5 Å². The molecule has 27 heavy (non-hydrogen) atoms. The standard InChI is InChI=1S/C21H27NO5/c1-15-7-6-8-17(11-15)27-10-9-22(2)20(23)14-16-12-18(24-3)21(26-5)19(13-16)25-4/h6-8,11-13H,9-10,14H2,1-5H3. The van der Waals surface area contributed by atoms with Gasteiger partial charge in [0.05, 0.1) is 34.3 Å². The van der Waals surface area contributed by atoms with Crippen LogP contribution in [-0.2, 0) is 11.2 Å². The minimum atomic E-state index is -0.0166. The van der Waals surface area contributed by atoms with E-state index in [1.54, 1.807) is 45.4 Å². The molecule has 6 heteroatoms. The Morgan fingerprint density at radius 1 is 1.00 bits per heavy atom. The number of ether oxygens (including phenoxy) is 4. The SMILES string of the molecule is COc1cc(CC(=O)N(C)CCOc2cccc(C)c2)cc(OC)c1OC. The van der Waals surface area contributed by atoms with Crippen molar-refractivity contribution in [1.29, 1.82) is 0 Å². The van der Waals surface area contributed by atoms with E-state index in [-0.39, 0.29) is 12.3 Å². The molecule has 0 radical (unpaired) electrons. The molecule has 0 saturated heterocycles. The first-order chi connectivity index (χ1) is 13.0. The average molecular weight is 373 g/mol. The number of methoxy groups -OCH3 is 3. The van der Waals surface area contributed by atoms with Crippen LogP contribution in [0.5, 0.6) is 23.0 Å². The van der Waals surface area contributed by atoms with Crippen LogP contribution in [0.25, 0.3) is 0 Å². The number of nitrogens with zero attached hydrogens (tertiary/aromatic N) is 1. The highest BCUT2D eigenvalue weighted by atomic mass is 16.5. The normalized spacial score (nSPS) is 10.3. The maximum Gasteiger partial charge on any atom is 0.226 e. The fraction of sp³-hybridized carbons (Fsp3) is 0.381. The van der Waals surface area contributed by atoms with Crippen molar-refractivity contribution >= 4 is 5.91 Å². The van der Waals surface area contributed by atoms with Crippen LogP contribution in [0.1, 0.15) is 11.1 Å². The molecule has 0 aliphatic carbocycles. The van der Waals surface area contributed by atoms with Gasteiger partial charge in [0.2, 0.25) is 11.7 Å². The molecule has 0 atom stereocenters. The Morgan fingerprint density at radius 3 is 2.22 bits per heavy atom. The lowest BCUT2D eigenvalue weighted by molar-refractivity contribution is -0.129. The molecule has 146 valence electrons. The molecule has 6 nitrogen and oxygen atoms in total. The summed E-state index contributed by atoms with van der Waals surface area (Å²) in [6.07, 6.45) is 0.234. The van der Waals surface area contributed by atoms with E-state index in [4.69, 9.17) is 18.9 Å². The summed E-state index contributed by atoms with van der Waals surface area (Å²) in [6, 6.07) is 11.4. The van der Waals surface area contributed by atoms with Crippen LogP contribution in [0.3, 0.4) is 0 Å². The first kappa shape index (κ1) is 20.4. The molecule has 0 heterocycles. The van der Waals surface area contributed by atoms with Gasteiger partial charge in [0.25, 0.3) is 0 Å². The molecule has 1 amide bonds. The zero-order valence-electron chi connectivity index (χ0n) is 16.6. The zero-order chi connectivity index (χ0) is 19.8. The summed E-state index contributed by atoms with van der Waals surface area (Å²) < 4.78 is 21.7. The third-order valence-corrected chi connectivity index (χ3v) is 4.19. The van der Waals surface area contributed by atoms with Crippen molar-refractivity contribution in [2.45, 2.75) is 13.3 Å². The Morgan fingerprint density at radius 2 is 1.67 bits per heavy atom. The van der Waals surface area contributed by atoms with Gasteiger partial charge in [-0.3, -0.25) is 4.79 Å². The van der Waals surface area contributed by atoms with Gasteiger partial charge in [-0.25, -0.2) is 0 Å². The molecule has 0 aliphatic rings. The van der Waals surface area contributed by atoms with Crippen LogP contribution >= 0.6 is 0 Å². The molecular formula is C21H27NO5. The third-order valence-electron chi connectivity index (χ3n) is 4.19. The fourth-order valence-corrected chi connectivity index (χ4v) is 2.68. The maximum atomic E-state index is 12.5. The van der Waals surface area contributed by atoms with Crippen LogP contribution in [0, 0.1) is 6.92 Å². The highest BCUT2D eigenvalue weighted by molar-refractivity contribution is 5.79. The number of amides is 1. The number of hydrogen-bond acceptors (Lipinski definition) is 5. The van der Waals surface area contributed by atoms with Gasteiger partial charge < -0.3 is 23.8 Å². The lowest BCUT2D eigenvalue weighted by Crippen LogP contribution is -2.32. The average Bonchev–Trinajstić information content (AvgIpc) is 2.67. The Kier molecular flexibility index (Phi) is 7.34. The molecular weight excluding hydrogens is 346 g/mol. The third kappa shape index (κ3) is 5.54. The van der Waals surface area contributed by atoms with E-state index in [2.05, 4.69) is 0 Å². The van der Waals surface area contributed by atoms with E-state index in [9.17, 15) is 4.79 Å². The van der Waals surface area contributed by atoms with Crippen LogP contribution in [0.15, 0.2) is 36.4 Å². The summed E-state index contributed by atoms with van der Waals surface area (Å²) in [6.45, 7) is 2.94. The van der Waals surface area contributed by atoms with Gasteiger partial charge in [0.1, 0.15) is 12.4 Å². The monoisotopic (exact) mass is 373 g/mol. The molecule has 0 saturated carbocycles. The fourth-order valence-electron chi connectivity index (χ4n) is 2.68. The first-order valence-corrected chi connectivity index (χ1v) is 8.70. The summed E-state index contributed by atoms with van der Waals surface area (Å²) in [5.74, 6) is 2.36. The number of hydrogen-bond donors (Lipinski definition) is 0. The van der Waals surface area contributed by atoms with Gasteiger partial charge in [0.15, 0.2) is 11.5 Å². The van der Waals surface area contributed by atoms with Gasteiger partial charge in [-0.15, -0.1) is 0 Å². The largest absolute Gasteiger partial charge is 0.493 e. The molecule has 0 aromatic heterocycles. The number of carbonyl (C=O) groups excluding carboxylic acids is 1. The van der Waals surface area contributed by atoms with Crippen molar-refractivity contribution in [3.05, 3.63) is 47.5 Å². The highest BCUT2D eigenvalue weighted by Gasteiger charge is 2.16. The molecule has 0 N–H and O–H groups in total. The van der Waals surface area contributed by atoms with E-state index in [1.807, 2.05) is 31.2 Å². The predicted octanol–water partition coefficient (Wildman–Crippen LogP) is 3.10. The number of aryl methyl sites for hydroxylation is 1. The Bertz CT molecular complexity index is 750. The second-order valence-corrected chi connectivity index (χ2v) is 6.19. The van der Waals surface area contributed by atoms with Gasteiger partial charge in [-0.05, 0) is 42.3 Å². The molecule has 0 aliphatic heterocycles. The number of likely N-dealkylation sites (N-methyl/N-ethyl adjacent to an activating group) is 1. The molecule has 2 aromatic carbocycles. The minimum Gasteiger partial charge on any atom is -0.493 e. The Balaban J connectivity index is 1.95. The topological polar surface area (TPSA) is 57.2 Å². The van der Waals surface area contributed by atoms with Gasteiger partial charge >= 0.3 is 0 Å². The molecule has 0 unspecified atom stereocenters. The quantitative estimate of drug-likeness (QED) is 0.676. The molecule has 2 aromatic rings. The first-order valence-electron chi connectivity index (χ1n) is 8.70. The van der Waals surface area contributed by atoms with Crippen molar-refractivity contribution in [2.24, 2.45) is 0 Å². The summed E-state index contributed by atoms with van der Waals surface area (Å²) >= 11 is 0. The molecule has 0 spiro atoms. The van der Waals surface area contributed by atoms with Gasteiger partial charge in [-0.1, -0.05) is 12.1 Å². The summed E-state index contributed by atoms with van der Waals surface area (Å²) in [5, 5.41) is 0. The van der Waals surface area contributed by atoms with E-state index in [1.165, 1.54) is 0 Å². The van der Waals surface area contributed by atoms with Crippen molar-refractivity contribution in [3.8, 4) is 23.0 Å². The summed E-state index contributed by atoms with van der Waals surface area (Å²) in [7, 11) is 6.42. The molecule has 2 rings (SSSR count).